The van der Waals surface area contributed by atoms with Crippen molar-refractivity contribution in [1.29, 1.82) is 0 Å². The van der Waals surface area contributed by atoms with Gasteiger partial charge in [-0.25, -0.2) is 0 Å². The zero-order chi connectivity index (χ0) is 52.9. The molecule has 0 heterocycles. The SMILES string of the molecule is CC/C=C\C/C=C\C/C=C\C/C=C\CCCCCCCCCCCCCCCCC(=O)OCC(COC(=O)CCCCCCC/C=C\CCCCC)OC(=O)CCCCCCC/C=C\CCCCCCCCC. The third kappa shape index (κ3) is 59.6. The van der Waals surface area contributed by atoms with E-state index < -0.39 is 6.10 Å². The number of hydrogen-bond donors (Lipinski definition) is 0. The first-order chi connectivity index (χ1) is 36.0. The molecule has 0 aliphatic carbocycles. The molecule has 0 spiro atoms. The minimum Gasteiger partial charge on any atom is -0.462 e. The molecule has 6 heteroatoms. The van der Waals surface area contributed by atoms with Gasteiger partial charge in [-0.15, -0.1) is 0 Å². The Morgan fingerprint density at radius 1 is 0.288 bits per heavy atom. The number of hydrogen-bond acceptors (Lipinski definition) is 6. The molecule has 0 N–H and O–H groups in total. The Labute approximate surface area is 453 Å². The lowest BCUT2D eigenvalue weighted by Gasteiger charge is -2.18. The summed E-state index contributed by atoms with van der Waals surface area (Å²) in [6.07, 6.45) is 79.1. The van der Waals surface area contributed by atoms with Crippen molar-refractivity contribution in [3.63, 3.8) is 0 Å². The van der Waals surface area contributed by atoms with Crippen molar-refractivity contribution in [2.75, 3.05) is 13.2 Å². The van der Waals surface area contributed by atoms with E-state index in [1.807, 2.05) is 0 Å². The second kappa shape index (κ2) is 61.4. The average molecular weight is 1020 g/mol. The Kier molecular flexibility index (Phi) is 58.7. The highest BCUT2D eigenvalue weighted by atomic mass is 16.6. The van der Waals surface area contributed by atoms with Crippen LogP contribution in [0.5, 0.6) is 0 Å². The van der Waals surface area contributed by atoms with Crippen LogP contribution < -0.4 is 0 Å². The van der Waals surface area contributed by atoms with Gasteiger partial charge in [0.05, 0.1) is 0 Å². The van der Waals surface area contributed by atoms with Crippen molar-refractivity contribution in [3.05, 3.63) is 72.9 Å². The summed E-state index contributed by atoms with van der Waals surface area (Å²) in [4.78, 5) is 38.2. The first kappa shape index (κ1) is 69.8. The fraction of sp³-hybridized carbons (Fsp3) is 0.776. The van der Waals surface area contributed by atoms with Crippen LogP contribution in [0.2, 0.25) is 0 Å². The van der Waals surface area contributed by atoms with E-state index in [0.717, 1.165) is 103 Å². The smallest absolute Gasteiger partial charge is 0.306 e. The van der Waals surface area contributed by atoms with Gasteiger partial charge in [-0.3, -0.25) is 14.4 Å². The number of carbonyl (C=O) groups excluding carboxylic acids is 3. The molecule has 0 aromatic carbocycles. The van der Waals surface area contributed by atoms with Gasteiger partial charge in [0.2, 0.25) is 0 Å². The summed E-state index contributed by atoms with van der Waals surface area (Å²) in [6.45, 7) is 6.52. The molecule has 6 nitrogen and oxygen atoms in total. The van der Waals surface area contributed by atoms with Gasteiger partial charge in [0, 0.05) is 19.3 Å². The molecule has 73 heavy (non-hydrogen) atoms. The summed E-state index contributed by atoms with van der Waals surface area (Å²) in [5, 5.41) is 0. The fourth-order valence-electron chi connectivity index (χ4n) is 8.95. The van der Waals surface area contributed by atoms with Gasteiger partial charge in [0.25, 0.3) is 0 Å². The molecule has 0 rings (SSSR count). The van der Waals surface area contributed by atoms with Gasteiger partial charge >= 0.3 is 17.9 Å². The van der Waals surface area contributed by atoms with E-state index in [0.29, 0.717) is 19.3 Å². The van der Waals surface area contributed by atoms with E-state index in [-0.39, 0.29) is 31.1 Å². The number of ether oxygens (including phenoxy) is 3. The molecule has 0 saturated carbocycles. The van der Waals surface area contributed by atoms with Crippen molar-refractivity contribution in [2.45, 2.75) is 322 Å². The maximum atomic E-state index is 12.9. The van der Waals surface area contributed by atoms with Gasteiger partial charge in [-0.2, -0.15) is 0 Å². The maximum Gasteiger partial charge on any atom is 0.306 e. The summed E-state index contributed by atoms with van der Waals surface area (Å²) in [5.74, 6) is -0.885. The summed E-state index contributed by atoms with van der Waals surface area (Å²) in [5.41, 5.74) is 0. The second-order valence-electron chi connectivity index (χ2n) is 20.9. The molecule has 0 aromatic heterocycles. The average Bonchev–Trinajstić information content (AvgIpc) is 3.39. The Hall–Kier alpha value is -3.15. The van der Waals surface area contributed by atoms with Crippen LogP contribution in [-0.2, 0) is 28.6 Å². The predicted molar refractivity (Wildman–Crippen MR) is 316 cm³/mol. The minimum atomic E-state index is -0.782. The molecule has 0 aliphatic heterocycles. The molecule has 0 radical (unpaired) electrons. The first-order valence-corrected chi connectivity index (χ1v) is 31.4. The van der Waals surface area contributed by atoms with Gasteiger partial charge in [-0.05, 0) is 109 Å². The number of allylic oxidation sites excluding steroid dienone is 12. The highest BCUT2D eigenvalue weighted by Gasteiger charge is 2.19. The van der Waals surface area contributed by atoms with Gasteiger partial charge < -0.3 is 14.2 Å². The van der Waals surface area contributed by atoms with E-state index in [4.69, 9.17) is 14.2 Å². The van der Waals surface area contributed by atoms with E-state index >= 15 is 0 Å². The molecule has 1 atom stereocenters. The lowest BCUT2D eigenvalue weighted by molar-refractivity contribution is -0.167. The summed E-state index contributed by atoms with van der Waals surface area (Å²) in [6, 6.07) is 0. The zero-order valence-corrected chi connectivity index (χ0v) is 48.4. The standard InChI is InChI=1S/C67H118O6/c1-4-7-10-13-16-19-22-25-27-29-30-31-32-33-34-35-36-37-38-39-41-42-45-48-51-54-57-60-66(69)72-63-64(62-71-65(68)59-56-53-50-47-44-24-21-18-15-12-9-6-3)73-67(70)61-58-55-52-49-46-43-40-28-26-23-20-17-14-11-8-5-2/h7,10,16,18-19,21,25,27-28,30-31,40,64H,4-6,8-9,11-15,17,20,22-24,26,29,32-39,41-63H2,1-3H3/b10-7-,19-16-,21-18-,27-25-,31-30-,40-28-. The third-order valence-electron chi connectivity index (χ3n) is 13.7. The number of carbonyl (C=O) groups is 3. The van der Waals surface area contributed by atoms with Crippen LogP contribution in [0.3, 0.4) is 0 Å². The van der Waals surface area contributed by atoms with Crippen LogP contribution in [0.1, 0.15) is 316 Å². The largest absolute Gasteiger partial charge is 0.462 e. The second-order valence-corrected chi connectivity index (χ2v) is 20.9. The number of unbranched alkanes of at least 4 members (excludes halogenated alkanes) is 34. The Morgan fingerprint density at radius 2 is 0.534 bits per heavy atom. The van der Waals surface area contributed by atoms with Crippen LogP contribution in [0, 0.1) is 0 Å². The molecule has 0 aliphatic rings. The van der Waals surface area contributed by atoms with Crippen molar-refractivity contribution >= 4 is 17.9 Å². The number of esters is 3. The Balaban J connectivity index is 4.24. The van der Waals surface area contributed by atoms with Crippen LogP contribution in [0.15, 0.2) is 72.9 Å². The van der Waals surface area contributed by atoms with Crippen molar-refractivity contribution in [2.24, 2.45) is 0 Å². The summed E-state index contributed by atoms with van der Waals surface area (Å²) >= 11 is 0. The topological polar surface area (TPSA) is 78.9 Å². The van der Waals surface area contributed by atoms with Crippen LogP contribution in [0.4, 0.5) is 0 Å². The molecule has 0 saturated heterocycles. The van der Waals surface area contributed by atoms with Crippen molar-refractivity contribution in [1.82, 2.24) is 0 Å². The molecule has 0 fully saturated rings. The molecule has 422 valence electrons. The van der Waals surface area contributed by atoms with Crippen molar-refractivity contribution in [3.8, 4) is 0 Å². The van der Waals surface area contributed by atoms with Gasteiger partial charge in [-0.1, -0.05) is 261 Å². The minimum absolute atomic E-state index is 0.0793. The van der Waals surface area contributed by atoms with Crippen LogP contribution in [-0.4, -0.2) is 37.2 Å². The monoisotopic (exact) mass is 1020 g/mol. The normalized spacial score (nSPS) is 12.5. The maximum absolute atomic E-state index is 12.9. The van der Waals surface area contributed by atoms with E-state index in [1.165, 1.54) is 173 Å². The van der Waals surface area contributed by atoms with Gasteiger partial charge in [0.1, 0.15) is 13.2 Å². The van der Waals surface area contributed by atoms with Crippen molar-refractivity contribution < 1.29 is 28.6 Å². The number of rotatable bonds is 57. The Morgan fingerprint density at radius 3 is 0.877 bits per heavy atom. The quantitative estimate of drug-likeness (QED) is 0.0261. The zero-order valence-electron chi connectivity index (χ0n) is 48.4. The summed E-state index contributed by atoms with van der Waals surface area (Å²) < 4.78 is 16.9. The first-order valence-electron chi connectivity index (χ1n) is 31.4. The molecule has 0 aromatic rings. The highest BCUT2D eigenvalue weighted by molar-refractivity contribution is 5.71. The van der Waals surface area contributed by atoms with Crippen LogP contribution >= 0.6 is 0 Å². The molecule has 0 amide bonds. The van der Waals surface area contributed by atoms with E-state index in [1.54, 1.807) is 0 Å². The highest BCUT2D eigenvalue weighted by Crippen LogP contribution is 2.16. The molecular weight excluding hydrogens is 901 g/mol. The summed E-state index contributed by atoms with van der Waals surface area (Å²) in [7, 11) is 0. The van der Waals surface area contributed by atoms with E-state index in [9.17, 15) is 14.4 Å². The van der Waals surface area contributed by atoms with E-state index in [2.05, 4.69) is 93.7 Å². The van der Waals surface area contributed by atoms with Gasteiger partial charge in [0.15, 0.2) is 6.10 Å². The van der Waals surface area contributed by atoms with Crippen LogP contribution in [0.25, 0.3) is 0 Å². The Bertz CT molecular complexity index is 1360. The molecule has 0 bridgehead atoms. The predicted octanol–water partition coefficient (Wildman–Crippen LogP) is 21.3. The molecule has 1 unspecified atom stereocenters. The molecular formula is C67H118O6. The lowest BCUT2D eigenvalue weighted by Crippen LogP contribution is -2.30. The third-order valence-corrected chi connectivity index (χ3v) is 13.7. The fourth-order valence-corrected chi connectivity index (χ4v) is 8.95. The lowest BCUT2D eigenvalue weighted by atomic mass is 10.0.